The van der Waals surface area contributed by atoms with E-state index in [1.165, 1.54) is 24.3 Å². The Bertz CT molecular complexity index is 1000. The molecule has 146 valence electrons. The molecule has 0 saturated carbocycles. The van der Waals surface area contributed by atoms with Crippen molar-refractivity contribution < 1.29 is 24.0 Å². The summed E-state index contributed by atoms with van der Waals surface area (Å²) in [6.45, 7) is 9.08. The van der Waals surface area contributed by atoms with Crippen LogP contribution in [0.25, 0.3) is 0 Å². The summed E-state index contributed by atoms with van der Waals surface area (Å²) < 4.78 is 11.6. The maximum absolute atomic E-state index is 12.7. The summed E-state index contributed by atoms with van der Waals surface area (Å²) in [5.41, 5.74) is 1.92. The lowest BCUT2D eigenvalue weighted by Crippen LogP contribution is -2.37. The maximum Gasteiger partial charge on any atom is 0.343 e. The quantitative estimate of drug-likeness (QED) is 0.335. The molecule has 7 heteroatoms. The Labute approximate surface area is 162 Å². The second-order valence-electron chi connectivity index (χ2n) is 7.56. The molecule has 1 heterocycles. The molecule has 1 aliphatic rings. The summed E-state index contributed by atoms with van der Waals surface area (Å²) in [5.74, 6) is 0.145. The fourth-order valence-electron chi connectivity index (χ4n) is 3.37. The van der Waals surface area contributed by atoms with E-state index in [-0.39, 0.29) is 23.5 Å². The number of non-ortho nitro benzene ring substituents is 1. The van der Waals surface area contributed by atoms with Crippen LogP contribution in [-0.2, 0) is 0 Å². The highest BCUT2D eigenvalue weighted by Gasteiger charge is 2.36. The van der Waals surface area contributed by atoms with Crippen LogP contribution in [0.1, 0.15) is 57.7 Å². The number of fused-ring (bicyclic) bond motifs is 1. The summed E-state index contributed by atoms with van der Waals surface area (Å²) in [4.78, 5) is 35.5. The first-order chi connectivity index (χ1) is 13.0. The Morgan fingerprint density at radius 1 is 1.11 bits per heavy atom. The number of esters is 1. The van der Waals surface area contributed by atoms with Crippen LogP contribution < -0.4 is 9.47 Å². The molecule has 0 aromatic heterocycles. The molecule has 0 spiro atoms. The lowest BCUT2D eigenvalue weighted by molar-refractivity contribution is -0.384. The number of rotatable bonds is 3. The lowest BCUT2D eigenvalue weighted by atomic mass is 9.87. The standard InChI is InChI=1S/C21H21NO6/c1-11-12(2)19-17(16(23)10-21(4,5)28-19)13(3)18(11)27-20(24)14-6-8-15(9-7-14)22(25)26/h6-9H,10H2,1-5H3. The minimum Gasteiger partial charge on any atom is -0.486 e. The molecule has 1 aliphatic heterocycles. The number of nitrogens with zero attached hydrogens (tertiary/aromatic N) is 1. The van der Waals surface area contributed by atoms with Crippen LogP contribution in [0.15, 0.2) is 24.3 Å². The van der Waals surface area contributed by atoms with Crippen molar-refractivity contribution in [1.82, 2.24) is 0 Å². The first-order valence-corrected chi connectivity index (χ1v) is 8.84. The van der Waals surface area contributed by atoms with Crippen molar-refractivity contribution >= 4 is 17.4 Å². The summed E-state index contributed by atoms with van der Waals surface area (Å²) in [5, 5.41) is 10.8. The molecule has 0 saturated heterocycles. The van der Waals surface area contributed by atoms with E-state index in [0.717, 1.165) is 5.56 Å². The Hall–Kier alpha value is -3.22. The van der Waals surface area contributed by atoms with Gasteiger partial charge in [0, 0.05) is 17.7 Å². The largest absolute Gasteiger partial charge is 0.486 e. The highest BCUT2D eigenvalue weighted by molar-refractivity contribution is 6.03. The number of nitro benzene ring substituents is 1. The minimum atomic E-state index is -0.648. The number of hydrogen-bond donors (Lipinski definition) is 0. The molecule has 0 unspecified atom stereocenters. The molecule has 0 N–H and O–H groups in total. The molecule has 3 rings (SSSR count). The van der Waals surface area contributed by atoms with Gasteiger partial charge in [-0.2, -0.15) is 0 Å². The van der Waals surface area contributed by atoms with E-state index in [0.29, 0.717) is 28.2 Å². The Balaban J connectivity index is 2.00. The van der Waals surface area contributed by atoms with Crippen molar-refractivity contribution in [3.63, 3.8) is 0 Å². The van der Waals surface area contributed by atoms with Crippen LogP contribution >= 0.6 is 0 Å². The molecule has 2 aromatic rings. The highest BCUT2D eigenvalue weighted by atomic mass is 16.6. The monoisotopic (exact) mass is 383 g/mol. The summed E-state index contributed by atoms with van der Waals surface area (Å²) in [6.07, 6.45) is 0.235. The lowest BCUT2D eigenvalue weighted by Gasteiger charge is -2.34. The molecule has 0 amide bonds. The van der Waals surface area contributed by atoms with Gasteiger partial charge in [-0.25, -0.2) is 4.79 Å². The van der Waals surface area contributed by atoms with Gasteiger partial charge >= 0.3 is 5.97 Å². The molecule has 0 radical (unpaired) electrons. The number of benzene rings is 2. The second kappa shape index (κ2) is 6.74. The summed E-state index contributed by atoms with van der Waals surface area (Å²) in [6, 6.07) is 5.17. The van der Waals surface area contributed by atoms with Gasteiger partial charge < -0.3 is 9.47 Å². The zero-order valence-corrected chi connectivity index (χ0v) is 16.4. The number of nitro groups is 1. The van der Waals surface area contributed by atoms with E-state index < -0.39 is 16.5 Å². The van der Waals surface area contributed by atoms with Crippen LogP contribution in [0.2, 0.25) is 0 Å². The van der Waals surface area contributed by atoms with Gasteiger partial charge in [0.15, 0.2) is 5.78 Å². The summed E-state index contributed by atoms with van der Waals surface area (Å²) in [7, 11) is 0. The van der Waals surface area contributed by atoms with Crippen molar-refractivity contribution in [2.45, 2.75) is 46.6 Å². The van der Waals surface area contributed by atoms with Crippen LogP contribution in [0, 0.1) is 30.9 Å². The van der Waals surface area contributed by atoms with E-state index in [9.17, 15) is 19.7 Å². The van der Waals surface area contributed by atoms with Gasteiger partial charge in [0.2, 0.25) is 0 Å². The van der Waals surface area contributed by atoms with Gasteiger partial charge in [-0.05, 0) is 57.9 Å². The second-order valence-corrected chi connectivity index (χ2v) is 7.56. The van der Waals surface area contributed by atoms with Gasteiger partial charge in [-0.1, -0.05) is 0 Å². The number of Topliss-reactive ketones (excluding diaryl/α,β-unsaturated/α-hetero) is 1. The van der Waals surface area contributed by atoms with Gasteiger partial charge in [-0.3, -0.25) is 14.9 Å². The van der Waals surface area contributed by atoms with Gasteiger partial charge in [0.05, 0.1) is 22.5 Å². The van der Waals surface area contributed by atoms with E-state index >= 15 is 0 Å². The molecule has 0 bridgehead atoms. The molecule has 2 aromatic carbocycles. The molecular formula is C21H21NO6. The Morgan fingerprint density at radius 2 is 1.71 bits per heavy atom. The van der Waals surface area contributed by atoms with E-state index in [1.807, 2.05) is 20.8 Å². The van der Waals surface area contributed by atoms with E-state index in [1.54, 1.807) is 13.8 Å². The highest BCUT2D eigenvalue weighted by Crippen LogP contribution is 2.43. The zero-order valence-electron chi connectivity index (χ0n) is 16.4. The molecular weight excluding hydrogens is 362 g/mol. The molecule has 28 heavy (non-hydrogen) atoms. The molecule has 0 aliphatic carbocycles. The van der Waals surface area contributed by atoms with Gasteiger partial charge in [-0.15, -0.1) is 0 Å². The van der Waals surface area contributed by atoms with Crippen molar-refractivity contribution in [2.75, 3.05) is 0 Å². The average molecular weight is 383 g/mol. The third kappa shape index (κ3) is 3.35. The number of carbonyl (C=O) groups excluding carboxylic acids is 2. The van der Waals surface area contributed by atoms with Crippen molar-refractivity contribution in [2.24, 2.45) is 0 Å². The number of carbonyl (C=O) groups is 2. The first-order valence-electron chi connectivity index (χ1n) is 8.84. The maximum atomic E-state index is 12.7. The average Bonchev–Trinajstić information content (AvgIpc) is 2.62. The fourth-order valence-corrected chi connectivity index (χ4v) is 3.37. The molecule has 0 atom stereocenters. The van der Waals surface area contributed by atoms with Crippen LogP contribution in [-0.4, -0.2) is 22.3 Å². The Morgan fingerprint density at radius 3 is 2.29 bits per heavy atom. The molecule has 7 nitrogen and oxygen atoms in total. The third-order valence-electron chi connectivity index (χ3n) is 4.94. The number of ether oxygens (including phenoxy) is 2. The van der Waals surface area contributed by atoms with Crippen LogP contribution in [0.3, 0.4) is 0 Å². The van der Waals surface area contributed by atoms with Gasteiger partial charge in [0.1, 0.15) is 17.1 Å². The van der Waals surface area contributed by atoms with E-state index in [2.05, 4.69) is 0 Å². The Kier molecular flexibility index (Phi) is 4.71. The summed E-state index contributed by atoms with van der Waals surface area (Å²) >= 11 is 0. The SMILES string of the molecule is Cc1c(C)c2c(c(C)c1OC(=O)c1ccc([N+](=O)[O-])cc1)C(=O)CC(C)(C)O2. The van der Waals surface area contributed by atoms with E-state index in [4.69, 9.17) is 9.47 Å². The predicted octanol–water partition coefficient (Wildman–Crippen LogP) is 4.48. The third-order valence-corrected chi connectivity index (χ3v) is 4.94. The predicted molar refractivity (Wildman–Crippen MR) is 102 cm³/mol. The number of hydrogen-bond acceptors (Lipinski definition) is 6. The normalized spacial score (nSPS) is 14.8. The zero-order chi connectivity index (χ0) is 20.8. The van der Waals surface area contributed by atoms with Crippen LogP contribution in [0.5, 0.6) is 11.5 Å². The van der Waals surface area contributed by atoms with Crippen LogP contribution in [0.4, 0.5) is 5.69 Å². The first kappa shape index (κ1) is 19.5. The number of ketones is 1. The smallest absolute Gasteiger partial charge is 0.343 e. The van der Waals surface area contributed by atoms with Crippen molar-refractivity contribution in [3.05, 3.63) is 62.2 Å². The fraction of sp³-hybridized carbons (Fsp3) is 0.333. The van der Waals surface area contributed by atoms with Gasteiger partial charge in [0.25, 0.3) is 5.69 Å². The molecule has 0 fully saturated rings. The minimum absolute atomic E-state index is 0.0560. The van der Waals surface area contributed by atoms with Crippen molar-refractivity contribution in [3.8, 4) is 11.5 Å². The topological polar surface area (TPSA) is 95.7 Å². The van der Waals surface area contributed by atoms with Crippen molar-refractivity contribution in [1.29, 1.82) is 0 Å².